The van der Waals surface area contributed by atoms with Gasteiger partial charge in [0.2, 0.25) is 15.9 Å². The molecular weight excluding hydrogens is 350 g/mol. The molecule has 1 saturated heterocycles. The van der Waals surface area contributed by atoms with Crippen molar-refractivity contribution in [3.8, 4) is 0 Å². The van der Waals surface area contributed by atoms with Crippen molar-refractivity contribution in [1.29, 1.82) is 0 Å². The van der Waals surface area contributed by atoms with Crippen LogP contribution in [0.5, 0.6) is 0 Å². The molecule has 0 saturated carbocycles. The number of aryl methyl sites for hydroxylation is 1. The summed E-state index contributed by atoms with van der Waals surface area (Å²) in [4.78, 5) is 18.1. The van der Waals surface area contributed by atoms with Gasteiger partial charge in [0.15, 0.2) is 0 Å². The predicted octanol–water partition coefficient (Wildman–Crippen LogP) is 2.05. The predicted molar refractivity (Wildman–Crippen MR) is 103 cm³/mol. The highest BCUT2D eigenvalue weighted by molar-refractivity contribution is 7.88. The SMILES string of the molecule is Cc1[nH]c2ccccc2c1CC(=O)N1C[C@@H](NS(C)(=O)=O)[C@H](C(C)C)C1. The summed E-state index contributed by atoms with van der Waals surface area (Å²) in [6.07, 6.45) is 1.50. The molecule has 26 heavy (non-hydrogen) atoms. The first kappa shape index (κ1) is 18.9. The maximum Gasteiger partial charge on any atom is 0.227 e. The number of sulfonamides is 1. The summed E-state index contributed by atoms with van der Waals surface area (Å²) in [6.45, 7) is 7.14. The summed E-state index contributed by atoms with van der Waals surface area (Å²) < 4.78 is 26.0. The van der Waals surface area contributed by atoms with Crippen LogP contribution in [-0.2, 0) is 21.2 Å². The minimum absolute atomic E-state index is 0.0429. The minimum Gasteiger partial charge on any atom is -0.358 e. The zero-order valence-corrected chi connectivity index (χ0v) is 16.6. The molecule has 0 bridgehead atoms. The lowest BCUT2D eigenvalue weighted by Crippen LogP contribution is -2.41. The first-order valence-corrected chi connectivity index (χ1v) is 10.9. The maximum atomic E-state index is 12.9. The van der Waals surface area contributed by atoms with Crippen LogP contribution in [0.25, 0.3) is 10.9 Å². The van der Waals surface area contributed by atoms with Gasteiger partial charge >= 0.3 is 0 Å². The van der Waals surface area contributed by atoms with Crippen LogP contribution in [-0.4, -0.2) is 49.6 Å². The molecule has 6 nitrogen and oxygen atoms in total. The standard InChI is InChI=1S/C19H27N3O3S/c1-12(2)16-10-22(11-18(16)21-26(4,24)25)19(23)9-15-13(3)20-17-8-6-5-7-14(15)17/h5-8,12,16,18,20-21H,9-11H2,1-4H3/t16-,18+/m0/s1. The highest BCUT2D eigenvalue weighted by Crippen LogP contribution is 2.27. The van der Waals surface area contributed by atoms with Crippen molar-refractivity contribution in [1.82, 2.24) is 14.6 Å². The number of hydrogen-bond donors (Lipinski definition) is 2. The third-order valence-corrected chi connectivity index (χ3v) is 6.03. The fourth-order valence-electron chi connectivity index (χ4n) is 3.93. The molecular formula is C19H27N3O3S. The molecule has 2 aromatic rings. The van der Waals surface area contributed by atoms with E-state index in [1.54, 1.807) is 4.90 Å². The van der Waals surface area contributed by atoms with Gasteiger partial charge < -0.3 is 9.88 Å². The Labute approximate surface area is 155 Å². The van der Waals surface area contributed by atoms with E-state index in [0.29, 0.717) is 25.4 Å². The van der Waals surface area contributed by atoms with E-state index in [0.717, 1.165) is 22.2 Å². The van der Waals surface area contributed by atoms with Gasteiger partial charge in [-0.1, -0.05) is 32.0 Å². The molecule has 0 radical (unpaired) electrons. The number of amides is 1. The molecule has 2 heterocycles. The number of H-pyrrole nitrogens is 1. The van der Waals surface area contributed by atoms with Crippen LogP contribution in [0.3, 0.4) is 0 Å². The number of nitrogens with zero attached hydrogens (tertiary/aromatic N) is 1. The second-order valence-electron chi connectivity index (χ2n) is 7.65. The molecule has 1 aromatic heterocycles. The van der Waals surface area contributed by atoms with E-state index in [9.17, 15) is 13.2 Å². The number of likely N-dealkylation sites (tertiary alicyclic amines) is 1. The average molecular weight is 378 g/mol. The Hall–Kier alpha value is -1.86. The van der Waals surface area contributed by atoms with Crippen molar-refractivity contribution in [3.63, 3.8) is 0 Å². The number of rotatable bonds is 5. The van der Waals surface area contributed by atoms with Crippen molar-refractivity contribution >= 4 is 26.8 Å². The summed E-state index contributed by atoms with van der Waals surface area (Å²) in [7, 11) is -3.30. The number of para-hydroxylation sites is 1. The molecule has 3 rings (SSSR count). The van der Waals surface area contributed by atoms with Gasteiger partial charge in [-0.05, 0) is 30.4 Å². The monoisotopic (exact) mass is 377 g/mol. The first-order chi connectivity index (χ1) is 12.2. The molecule has 1 amide bonds. The Balaban J connectivity index is 1.78. The van der Waals surface area contributed by atoms with E-state index in [2.05, 4.69) is 23.6 Å². The van der Waals surface area contributed by atoms with Crippen LogP contribution in [0.4, 0.5) is 0 Å². The van der Waals surface area contributed by atoms with E-state index >= 15 is 0 Å². The Bertz CT molecular complexity index is 917. The van der Waals surface area contributed by atoms with Crippen LogP contribution < -0.4 is 4.72 Å². The Kier molecular flexibility index (Phi) is 5.12. The summed E-state index contributed by atoms with van der Waals surface area (Å²) in [5.41, 5.74) is 3.06. The number of benzene rings is 1. The molecule has 0 spiro atoms. The number of fused-ring (bicyclic) bond motifs is 1. The highest BCUT2D eigenvalue weighted by atomic mass is 32.2. The zero-order chi connectivity index (χ0) is 19.1. The van der Waals surface area contributed by atoms with Gasteiger partial charge in [-0.25, -0.2) is 13.1 Å². The second-order valence-corrected chi connectivity index (χ2v) is 9.43. The number of nitrogens with one attached hydrogen (secondary N) is 2. The van der Waals surface area contributed by atoms with Gasteiger partial charge in [-0.3, -0.25) is 4.79 Å². The lowest BCUT2D eigenvalue weighted by molar-refractivity contribution is -0.129. The summed E-state index contributed by atoms with van der Waals surface area (Å²) in [5.74, 6) is 0.459. The van der Waals surface area contributed by atoms with Crippen LogP contribution in [0.1, 0.15) is 25.1 Å². The topological polar surface area (TPSA) is 82.3 Å². The van der Waals surface area contributed by atoms with Gasteiger partial charge in [0.05, 0.1) is 12.7 Å². The quantitative estimate of drug-likeness (QED) is 0.837. The van der Waals surface area contributed by atoms with Crippen molar-refractivity contribution in [2.45, 2.75) is 33.2 Å². The second kappa shape index (κ2) is 7.04. The van der Waals surface area contributed by atoms with Crippen LogP contribution in [0.15, 0.2) is 24.3 Å². The van der Waals surface area contributed by atoms with Gasteiger partial charge in [-0.15, -0.1) is 0 Å². The molecule has 7 heteroatoms. The fraction of sp³-hybridized carbons (Fsp3) is 0.526. The molecule has 2 N–H and O–H groups in total. The number of aromatic amines is 1. The van der Waals surface area contributed by atoms with Gasteiger partial charge in [0.25, 0.3) is 0 Å². The van der Waals surface area contributed by atoms with Crippen molar-refractivity contribution in [2.24, 2.45) is 11.8 Å². The highest BCUT2D eigenvalue weighted by Gasteiger charge is 2.38. The molecule has 0 aliphatic carbocycles. The van der Waals surface area contributed by atoms with E-state index in [1.165, 1.54) is 6.26 Å². The van der Waals surface area contributed by atoms with Crippen LogP contribution in [0.2, 0.25) is 0 Å². The Morgan fingerprint density at radius 3 is 2.65 bits per heavy atom. The van der Waals surface area contributed by atoms with Gasteiger partial charge in [-0.2, -0.15) is 0 Å². The van der Waals surface area contributed by atoms with Crippen LogP contribution in [0, 0.1) is 18.8 Å². The van der Waals surface area contributed by atoms with E-state index < -0.39 is 10.0 Å². The Morgan fingerprint density at radius 1 is 1.31 bits per heavy atom. The van der Waals surface area contributed by atoms with E-state index in [-0.39, 0.29) is 17.9 Å². The third-order valence-electron chi connectivity index (χ3n) is 5.29. The third kappa shape index (κ3) is 3.94. The Morgan fingerprint density at radius 2 is 2.00 bits per heavy atom. The van der Waals surface area contributed by atoms with Gasteiger partial charge in [0.1, 0.15) is 0 Å². The largest absolute Gasteiger partial charge is 0.358 e. The minimum atomic E-state index is -3.30. The van der Waals surface area contributed by atoms with E-state index in [4.69, 9.17) is 0 Å². The molecule has 1 aliphatic heterocycles. The fourth-order valence-corrected chi connectivity index (χ4v) is 4.73. The summed E-state index contributed by atoms with van der Waals surface area (Å²) in [6, 6.07) is 7.75. The molecule has 1 aromatic carbocycles. The lowest BCUT2D eigenvalue weighted by atomic mass is 9.92. The molecule has 2 atom stereocenters. The molecule has 142 valence electrons. The lowest BCUT2D eigenvalue weighted by Gasteiger charge is -2.21. The number of carbonyl (C=O) groups is 1. The molecule has 0 unspecified atom stereocenters. The number of hydrogen-bond acceptors (Lipinski definition) is 3. The smallest absolute Gasteiger partial charge is 0.227 e. The molecule has 1 fully saturated rings. The molecule has 1 aliphatic rings. The summed E-state index contributed by atoms with van der Waals surface area (Å²) in [5, 5.41) is 1.07. The van der Waals surface area contributed by atoms with Crippen molar-refractivity contribution in [3.05, 3.63) is 35.5 Å². The first-order valence-electron chi connectivity index (χ1n) is 8.97. The number of aromatic nitrogens is 1. The van der Waals surface area contributed by atoms with Gasteiger partial charge in [0, 0.05) is 35.7 Å². The van der Waals surface area contributed by atoms with Crippen molar-refractivity contribution in [2.75, 3.05) is 19.3 Å². The normalized spacial score (nSPS) is 21.0. The summed E-state index contributed by atoms with van der Waals surface area (Å²) >= 11 is 0. The van der Waals surface area contributed by atoms with Crippen molar-refractivity contribution < 1.29 is 13.2 Å². The van der Waals surface area contributed by atoms with E-state index in [1.807, 2.05) is 31.2 Å². The van der Waals surface area contributed by atoms with Crippen LogP contribution >= 0.6 is 0 Å². The maximum absolute atomic E-state index is 12.9. The zero-order valence-electron chi connectivity index (χ0n) is 15.7. The number of carbonyl (C=O) groups excluding carboxylic acids is 1. The average Bonchev–Trinajstić information content (AvgIpc) is 3.08.